The van der Waals surface area contributed by atoms with Crippen molar-refractivity contribution in [2.24, 2.45) is 0 Å². The fraction of sp³-hybridized carbons (Fsp3) is 0.125. The highest BCUT2D eigenvalue weighted by atomic mass is 19.1. The molecule has 0 spiro atoms. The molecule has 0 aliphatic carbocycles. The van der Waals surface area contributed by atoms with Crippen LogP contribution in [0.5, 0.6) is 0 Å². The summed E-state index contributed by atoms with van der Waals surface area (Å²) in [5.41, 5.74) is 0.180. The quantitative estimate of drug-likeness (QED) is 0.268. The molecule has 0 aliphatic rings. The molecule has 0 saturated heterocycles. The van der Waals surface area contributed by atoms with Gasteiger partial charge >= 0.3 is 0 Å². The lowest BCUT2D eigenvalue weighted by atomic mass is 10.2. The molecule has 3 heteroatoms. The van der Waals surface area contributed by atoms with Gasteiger partial charge in [0.2, 0.25) is 0 Å². The predicted molar refractivity (Wildman–Crippen MR) is 40.5 cm³/mol. The summed E-state index contributed by atoms with van der Waals surface area (Å²) >= 11 is 0. The molecule has 0 aliphatic heterocycles. The van der Waals surface area contributed by atoms with Gasteiger partial charge in [0.25, 0.3) is 6.01 Å². The van der Waals surface area contributed by atoms with Crippen LogP contribution < -0.4 is 0 Å². The molecule has 2 nitrogen and oxygen atoms in total. The molecule has 60 valence electrons. The molecule has 0 radical (unpaired) electrons. The van der Waals surface area contributed by atoms with Crippen molar-refractivity contribution >= 4 is 6.29 Å². The van der Waals surface area contributed by atoms with Crippen LogP contribution in [-0.4, -0.2) is 13.4 Å². The van der Waals surface area contributed by atoms with Crippen molar-refractivity contribution in [3.05, 3.63) is 36.4 Å². The van der Waals surface area contributed by atoms with E-state index in [-0.39, 0.29) is 5.57 Å². The summed E-state index contributed by atoms with van der Waals surface area (Å²) < 4.78 is 16.5. The van der Waals surface area contributed by atoms with Gasteiger partial charge in [-0.25, -0.2) is 0 Å². The van der Waals surface area contributed by atoms with Crippen molar-refractivity contribution < 1.29 is 13.9 Å². The zero-order valence-corrected chi connectivity index (χ0v) is 6.21. The first-order chi connectivity index (χ1) is 5.24. The zero-order valence-electron chi connectivity index (χ0n) is 6.21. The first kappa shape index (κ1) is 9.62. The molecular formula is C8H9FO2. The summed E-state index contributed by atoms with van der Waals surface area (Å²) in [6.45, 7) is 3.35. The standard InChI is InChI=1S/C8H9FO2/c1-3-4-7(6-10)5-8(9)11-2/h3-6H,1H2,2H3/b7-4+,8-5+. The molecule has 0 aromatic heterocycles. The third-order valence-electron chi connectivity index (χ3n) is 0.922. The minimum absolute atomic E-state index is 0.180. The molecule has 0 fully saturated rings. The number of ether oxygens (including phenoxy) is 1. The van der Waals surface area contributed by atoms with E-state index in [0.717, 1.165) is 6.08 Å². The summed E-state index contributed by atoms with van der Waals surface area (Å²) in [6, 6.07) is -0.801. The largest absolute Gasteiger partial charge is 0.474 e. The fourth-order valence-corrected chi connectivity index (χ4v) is 0.447. The monoisotopic (exact) mass is 156 g/mol. The molecule has 11 heavy (non-hydrogen) atoms. The first-order valence-electron chi connectivity index (χ1n) is 2.93. The Morgan fingerprint density at radius 3 is 2.64 bits per heavy atom. The topological polar surface area (TPSA) is 26.3 Å². The molecule has 0 aromatic rings. The number of carbonyl (C=O) groups is 1. The molecule has 0 N–H and O–H groups in total. The Hall–Kier alpha value is -1.38. The Morgan fingerprint density at radius 1 is 1.64 bits per heavy atom. The van der Waals surface area contributed by atoms with Crippen molar-refractivity contribution in [1.82, 2.24) is 0 Å². The van der Waals surface area contributed by atoms with Crippen LogP contribution in [0.3, 0.4) is 0 Å². The van der Waals surface area contributed by atoms with E-state index in [1.165, 1.54) is 19.3 Å². The van der Waals surface area contributed by atoms with E-state index in [1.807, 2.05) is 0 Å². The highest BCUT2D eigenvalue weighted by molar-refractivity contribution is 5.77. The van der Waals surface area contributed by atoms with Gasteiger partial charge in [0.05, 0.1) is 7.11 Å². The maximum atomic E-state index is 12.3. The van der Waals surface area contributed by atoms with E-state index in [1.54, 1.807) is 0 Å². The lowest BCUT2D eigenvalue weighted by Gasteiger charge is -1.92. The molecule has 0 unspecified atom stereocenters. The summed E-state index contributed by atoms with van der Waals surface area (Å²) in [7, 11) is 1.18. The van der Waals surface area contributed by atoms with Crippen molar-refractivity contribution in [2.75, 3.05) is 7.11 Å². The molecule has 0 heterocycles. The van der Waals surface area contributed by atoms with Crippen LogP contribution in [0, 0.1) is 0 Å². The third-order valence-corrected chi connectivity index (χ3v) is 0.922. The highest BCUT2D eigenvalue weighted by Gasteiger charge is 1.93. The van der Waals surface area contributed by atoms with Crippen molar-refractivity contribution in [3.63, 3.8) is 0 Å². The van der Waals surface area contributed by atoms with E-state index < -0.39 is 6.01 Å². The maximum absolute atomic E-state index is 12.3. The molecule has 0 aromatic carbocycles. The Bertz CT molecular complexity index is 204. The van der Waals surface area contributed by atoms with Gasteiger partial charge in [0.15, 0.2) is 0 Å². The Morgan fingerprint density at radius 2 is 2.27 bits per heavy atom. The smallest absolute Gasteiger partial charge is 0.273 e. The summed E-state index contributed by atoms with van der Waals surface area (Å²) in [6.07, 6.45) is 4.27. The van der Waals surface area contributed by atoms with Gasteiger partial charge in [-0.1, -0.05) is 18.7 Å². The van der Waals surface area contributed by atoms with Gasteiger partial charge in [-0.3, -0.25) is 4.79 Å². The van der Waals surface area contributed by atoms with Crippen LogP contribution >= 0.6 is 0 Å². The second-order valence-corrected chi connectivity index (χ2v) is 1.67. The van der Waals surface area contributed by atoms with Crippen molar-refractivity contribution in [2.45, 2.75) is 0 Å². The Labute approximate surface area is 64.7 Å². The van der Waals surface area contributed by atoms with Gasteiger partial charge in [-0.2, -0.15) is 4.39 Å². The lowest BCUT2D eigenvalue weighted by Crippen LogP contribution is -1.82. The number of carbonyl (C=O) groups excluding carboxylic acids is 1. The van der Waals surface area contributed by atoms with Crippen LogP contribution in [0.25, 0.3) is 0 Å². The summed E-state index contributed by atoms with van der Waals surface area (Å²) in [5, 5.41) is 0. The number of hydrogen-bond donors (Lipinski definition) is 0. The molecule has 0 atom stereocenters. The van der Waals surface area contributed by atoms with Gasteiger partial charge < -0.3 is 4.74 Å². The molecule has 0 amide bonds. The Kier molecular flexibility index (Phi) is 4.73. The zero-order chi connectivity index (χ0) is 8.69. The lowest BCUT2D eigenvalue weighted by molar-refractivity contribution is -0.104. The van der Waals surface area contributed by atoms with Gasteiger partial charge in [-0.15, -0.1) is 0 Å². The highest BCUT2D eigenvalue weighted by Crippen LogP contribution is 2.02. The van der Waals surface area contributed by atoms with Gasteiger partial charge in [0, 0.05) is 11.6 Å². The number of methoxy groups -OCH3 is 1. The van der Waals surface area contributed by atoms with Crippen LogP contribution in [0.15, 0.2) is 36.4 Å². The van der Waals surface area contributed by atoms with Crippen molar-refractivity contribution in [3.8, 4) is 0 Å². The number of halogens is 1. The van der Waals surface area contributed by atoms with Crippen LogP contribution in [0.1, 0.15) is 0 Å². The van der Waals surface area contributed by atoms with Crippen LogP contribution in [-0.2, 0) is 9.53 Å². The second-order valence-electron chi connectivity index (χ2n) is 1.67. The second kappa shape index (κ2) is 5.41. The van der Waals surface area contributed by atoms with E-state index in [0.29, 0.717) is 6.29 Å². The minimum Gasteiger partial charge on any atom is -0.474 e. The summed E-state index contributed by atoms with van der Waals surface area (Å²) in [5.74, 6) is 0. The molecule has 0 saturated carbocycles. The number of aldehydes is 1. The third kappa shape index (κ3) is 4.08. The minimum atomic E-state index is -0.801. The Balaban J connectivity index is 4.41. The number of rotatable bonds is 4. The fourth-order valence-electron chi connectivity index (χ4n) is 0.447. The number of hydrogen-bond acceptors (Lipinski definition) is 2. The average molecular weight is 156 g/mol. The van der Waals surface area contributed by atoms with E-state index in [4.69, 9.17) is 0 Å². The van der Waals surface area contributed by atoms with Crippen LogP contribution in [0.2, 0.25) is 0 Å². The number of allylic oxidation sites excluding steroid dienone is 4. The van der Waals surface area contributed by atoms with E-state index in [9.17, 15) is 9.18 Å². The van der Waals surface area contributed by atoms with Gasteiger partial charge in [-0.05, 0) is 0 Å². The average Bonchev–Trinajstić information content (AvgIpc) is 2.03. The molecule has 0 rings (SSSR count). The maximum Gasteiger partial charge on any atom is 0.273 e. The SMILES string of the molecule is C=C/C=C(C=O)\C=C(/F)OC. The summed E-state index contributed by atoms with van der Waals surface area (Å²) in [4.78, 5) is 10.2. The van der Waals surface area contributed by atoms with Crippen LogP contribution in [0.4, 0.5) is 4.39 Å². The van der Waals surface area contributed by atoms with E-state index in [2.05, 4.69) is 11.3 Å². The first-order valence-corrected chi connectivity index (χ1v) is 2.93. The molecular weight excluding hydrogens is 147 g/mol. The predicted octanol–water partition coefficient (Wildman–Crippen LogP) is 1.75. The van der Waals surface area contributed by atoms with Gasteiger partial charge in [0.1, 0.15) is 6.29 Å². The van der Waals surface area contributed by atoms with Crippen molar-refractivity contribution in [1.29, 1.82) is 0 Å². The molecule has 0 bridgehead atoms. The van der Waals surface area contributed by atoms with E-state index >= 15 is 0 Å². The normalized spacial score (nSPS) is 12.5.